The number of halogens is 4. The van der Waals surface area contributed by atoms with Crippen molar-refractivity contribution in [3.63, 3.8) is 0 Å². The number of fused-ring (bicyclic) bond motifs is 1. The van der Waals surface area contributed by atoms with E-state index < -0.39 is 42.0 Å². The zero-order valence-electron chi connectivity index (χ0n) is 22.7. The second kappa shape index (κ2) is 9.73. The zero-order valence-corrected chi connectivity index (χ0v) is 23.4. The summed E-state index contributed by atoms with van der Waals surface area (Å²) in [5.41, 5.74) is -0.308. The van der Waals surface area contributed by atoms with Gasteiger partial charge in [-0.25, -0.2) is 9.50 Å². The smallest absolute Gasteiger partial charge is 0.380 e. The Labute approximate surface area is 234 Å². The summed E-state index contributed by atoms with van der Waals surface area (Å²) in [6.07, 6.45) is -4.44. The number of rotatable bonds is 4. The van der Waals surface area contributed by atoms with Crippen molar-refractivity contribution in [1.82, 2.24) is 24.4 Å². The maximum Gasteiger partial charge on any atom is 0.417 e. The summed E-state index contributed by atoms with van der Waals surface area (Å²) in [6.45, 7) is 8.22. The Morgan fingerprint density at radius 3 is 2.35 bits per heavy atom. The molecule has 0 bridgehead atoms. The topological polar surface area (TPSA) is 91.0 Å². The Hall–Kier alpha value is -3.18. The summed E-state index contributed by atoms with van der Waals surface area (Å²) in [5, 5.41) is 15.1. The maximum absolute atomic E-state index is 13.7. The highest BCUT2D eigenvalue weighted by Gasteiger charge is 2.63. The quantitative estimate of drug-likeness (QED) is 0.474. The monoisotopic (exact) mass is 577 g/mol. The van der Waals surface area contributed by atoms with Crippen molar-refractivity contribution in [1.29, 1.82) is 0 Å². The molecular weight excluding hydrogens is 547 g/mol. The van der Waals surface area contributed by atoms with Gasteiger partial charge >= 0.3 is 6.18 Å². The van der Waals surface area contributed by atoms with Gasteiger partial charge in [-0.05, 0) is 50.8 Å². The standard InChI is InChI=1S/C28H31ClF3N5O3/c1-16(2)20-11-21(17-5-7-19(29)8-6-17)34-37-14-22(33-23(20)37)25(39)36-10-9-35(15-26(36,3)4)24(38)18-12-27(40,13-18)28(30,31)32/h5-8,11,14,16,18,40H,9-10,12-13,15H2,1-4H3/t18-,27+. The van der Waals surface area contributed by atoms with Gasteiger partial charge in [0.15, 0.2) is 11.2 Å². The van der Waals surface area contributed by atoms with Crippen molar-refractivity contribution < 1.29 is 27.9 Å². The van der Waals surface area contributed by atoms with Crippen molar-refractivity contribution in [2.45, 2.75) is 63.8 Å². The molecule has 1 saturated carbocycles. The van der Waals surface area contributed by atoms with Gasteiger partial charge in [0.1, 0.15) is 5.69 Å². The number of nitrogens with zero attached hydrogens (tertiary/aromatic N) is 5. The molecule has 0 spiro atoms. The van der Waals surface area contributed by atoms with Gasteiger partial charge in [0.2, 0.25) is 5.91 Å². The summed E-state index contributed by atoms with van der Waals surface area (Å²) in [6, 6.07) is 9.28. The van der Waals surface area contributed by atoms with E-state index in [-0.39, 0.29) is 37.2 Å². The molecular formula is C28H31ClF3N5O3. The largest absolute Gasteiger partial charge is 0.417 e. The van der Waals surface area contributed by atoms with Gasteiger partial charge in [0.25, 0.3) is 5.91 Å². The average Bonchev–Trinajstić information content (AvgIpc) is 3.28. The van der Waals surface area contributed by atoms with Crippen LogP contribution in [-0.4, -0.2) is 78.3 Å². The first-order valence-electron chi connectivity index (χ1n) is 13.2. The molecule has 40 heavy (non-hydrogen) atoms. The number of hydrogen-bond donors (Lipinski definition) is 1. The lowest BCUT2D eigenvalue weighted by molar-refractivity contribution is -0.297. The molecule has 1 aliphatic heterocycles. The van der Waals surface area contributed by atoms with E-state index in [4.69, 9.17) is 11.6 Å². The highest BCUT2D eigenvalue weighted by Crippen LogP contribution is 2.49. The molecule has 3 aromatic rings. The number of aliphatic hydroxyl groups is 1. The molecule has 1 saturated heterocycles. The maximum atomic E-state index is 13.7. The number of aromatic nitrogens is 3. The highest BCUT2D eigenvalue weighted by atomic mass is 35.5. The second-order valence-corrected chi connectivity index (χ2v) is 12.1. The van der Waals surface area contributed by atoms with Crippen LogP contribution in [0.25, 0.3) is 16.9 Å². The van der Waals surface area contributed by atoms with E-state index in [0.29, 0.717) is 16.4 Å². The second-order valence-electron chi connectivity index (χ2n) is 11.7. The number of benzene rings is 1. The van der Waals surface area contributed by atoms with Crippen molar-refractivity contribution in [3.8, 4) is 11.3 Å². The third-order valence-electron chi connectivity index (χ3n) is 7.94. The molecule has 2 aliphatic rings. The molecule has 1 aliphatic carbocycles. The van der Waals surface area contributed by atoms with E-state index in [1.165, 1.54) is 4.90 Å². The van der Waals surface area contributed by atoms with E-state index in [1.54, 1.807) is 27.7 Å². The Bertz CT molecular complexity index is 1460. The number of carbonyl (C=O) groups is 2. The Kier molecular flexibility index (Phi) is 6.89. The molecule has 12 heteroatoms. The summed E-state index contributed by atoms with van der Waals surface area (Å²) >= 11 is 6.04. The molecule has 214 valence electrons. The van der Waals surface area contributed by atoms with Gasteiger partial charge < -0.3 is 14.9 Å². The van der Waals surface area contributed by atoms with Crippen LogP contribution < -0.4 is 0 Å². The Morgan fingerprint density at radius 1 is 1.12 bits per heavy atom. The van der Waals surface area contributed by atoms with Crippen LogP contribution in [0.4, 0.5) is 13.2 Å². The number of alkyl halides is 3. The van der Waals surface area contributed by atoms with Gasteiger partial charge in [0, 0.05) is 41.7 Å². The predicted octanol–water partition coefficient (Wildman–Crippen LogP) is 4.94. The van der Waals surface area contributed by atoms with Crippen molar-refractivity contribution in [3.05, 3.63) is 52.8 Å². The first kappa shape index (κ1) is 28.4. The number of amides is 2. The van der Waals surface area contributed by atoms with Crippen LogP contribution in [0.1, 0.15) is 62.5 Å². The lowest BCUT2D eigenvalue weighted by Gasteiger charge is -2.50. The molecule has 2 aromatic heterocycles. The first-order chi connectivity index (χ1) is 18.6. The fourth-order valence-corrected chi connectivity index (χ4v) is 5.69. The van der Waals surface area contributed by atoms with Crippen LogP contribution in [0.3, 0.4) is 0 Å². The highest BCUT2D eigenvalue weighted by molar-refractivity contribution is 6.30. The zero-order chi connectivity index (χ0) is 29.2. The molecule has 3 heterocycles. The third-order valence-corrected chi connectivity index (χ3v) is 8.19. The third kappa shape index (κ3) is 4.94. The van der Waals surface area contributed by atoms with Crippen molar-refractivity contribution in [2.24, 2.45) is 5.92 Å². The number of piperazine rings is 1. The van der Waals surface area contributed by atoms with Crippen LogP contribution in [0.2, 0.25) is 5.02 Å². The lowest BCUT2D eigenvalue weighted by Crippen LogP contribution is -2.65. The molecule has 0 radical (unpaired) electrons. The minimum absolute atomic E-state index is 0.106. The molecule has 0 unspecified atom stereocenters. The van der Waals surface area contributed by atoms with Gasteiger partial charge in [-0.3, -0.25) is 9.59 Å². The van der Waals surface area contributed by atoms with E-state index in [0.717, 1.165) is 11.1 Å². The van der Waals surface area contributed by atoms with Gasteiger partial charge in [-0.2, -0.15) is 18.3 Å². The molecule has 1 aromatic carbocycles. The van der Waals surface area contributed by atoms with Gasteiger partial charge in [-0.15, -0.1) is 0 Å². The van der Waals surface area contributed by atoms with Crippen molar-refractivity contribution >= 4 is 29.1 Å². The van der Waals surface area contributed by atoms with Crippen LogP contribution >= 0.6 is 11.6 Å². The van der Waals surface area contributed by atoms with Gasteiger partial charge in [0.05, 0.1) is 17.4 Å². The summed E-state index contributed by atoms with van der Waals surface area (Å²) in [4.78, 5) is 34.4. The predicted molar refractivity (Wildman–Crippen MR) is 143 cm³/mol. The molecule has 2 amide bonds. The molecule has 8 nitrogen and oxygen atoms in total. The van der Waals surface area contributed by atoms with E-state index >= 15 is 0 Å². The molecule has 1 N–H and O–H groups in total. The summed E-state index contributed by atoms with van der Waals surface area (Å²) in [7, 11) is 0. The van der Waals surface area contributed by atoms with E-state index in [2.05, 4.69) is 10.1 Å². The molecule has 5 rings (SSSR count). The first-order valence-corrected chi connectivity index (χ1v) is 13.5. The molecule has 2 fully saturated rings. The number of carbonyl (C=O) groups excluding carboxylic acids is 2. The summed E-state index contributed by atoms with van der Waals surface area (Å²) in [5.74, 6) is -1.53. The average molecular weight is 578 g/mol. The molecule has 0 atom stereocenters. The Morgan fingerprint density at radius 2 is 1.77 bits per heavy atom. The lowest BCUT2D eigenvalue weighted by atomic mass is 9.69. The fourth-order valence-electron chi connectivity index (χ4n) is 5.57. The number of imidazole rings is 1. The normalized spacial score (nSPS) is 23.0. The number of hydrogen-bond acceptors (Lipinski definition) is 5. The fraction of sp³-hybridized carbons (Fsp3) is 0.500. The van der Waals surface area contributed by atoms with Crippen LogP contribution in [0, 0.1) is 5.92 Å². The van der Waals surface area contributed by atoms with Crippen LogP contribution in [0.5, 0.6) is 0 Å². The minimum atomic E-state index is -4.76. The van der Waals surface area contributed by atoms with Crippen LogP contribution in [0.15, 0.2) is 36.5 Å². The van der Waals surface area contributed by atoms with E-state index in [1.807, 2.05) is 45.9 Å². The SMILES string of the molecule is CC(C)c1cc(-c2ccc(Cl)cc2)nn2cc(C(=O)N3CCN(C(=O)[C@H]4C[C@](O)(C(F)(F)F)C4)CC3(C)C)nc12. The van der Waals surface area contributed by atoms with E-state index in [9.17, 15) is 27.9 Å². The van der Waals surface area contributed by atoms with Crippen molar-refractivity contribution in [2.75, 3.05) is 19.6 Å². The minimum Gasteiger partial charge on any atom is -0.380 e. The summed E-state index contributed by atoms with van der Waals surface area (Å²) < 4.78 is 40.7. The van der Waals surface area contributed by atoms with Crippen LogP contribution in [-0.2, 0) is 4.79 Å². The Balaban J connectivity index is 1.35. The van der Waals surface area contributed by atoms with Gasteiger partial charge in [-0.1, -0.05) is 37.6 Å².